The summed E-state index contributed by atoms with van der Waals surface area (Å²) in [5, 5.41) is 48.4. The smallest absolute Gasteiger partial charge is 0.243 e. The summed E-state index contributed by atoms with van der Waals surface area (Å²) >= 11 is 0. The van der Waals surface area contributed by atoms with Gasteiger partial charge in [0.15, 0.2) is 0 Å². The van der Waals surface area contributed by atoms with Crippen molar-refractivity contribution in [2.45, 2.75) is 62.4 Å². The third kappa shape index (κ3) is 10.6. The van der Waals surface area contributed by atoms with Crippen LogP contribution in [0.3, 0.4) is 0 Å². The largest absolute Gasteiger partial charge is 0.508 e. The van der Waals surface area contributed by atoms with E-state index in [1.807, 2.05) is 0 Å². The van der Waals surface area contributed by atoms with E-state index < -0.39 is 53.9 Å². The van der Waals surface area contributed by atoms with Crippen LogP contribution < -0.4 is 43.4 Å². The highest BCUT2D eigenvalue weighted by Gasteiger charge is 2.32. The maximum Gasteiger partial charge on any atom is 0.243 e. The Hall–Kier alpha value is -4.28. The average Bonchev–Trinajstić information content (AvgIpc) is 3.06. The lowest BCUT2D eigenvalue weighted by Crippen LogP contribution is -2.59. The van der Waals surface area contributed by atoms with Crippen LogP contribution in [0.4, 0.5) is 0 Å². The van der Waals surface area contributed by atoms with Crippen LogP contribution >= 0.6 is 0 Å². The molecule has 2 aromatic carbocycles. The monoisotopic (exact) mass is 656 g/mol. The zero-order chi connectivity index (χ0) is 34.5. The van der Waals surface area contributed by atoms with E-state index in [9.17, 15) is 34.5 Å². The van der Waals surface area contributed by atoms with Gasteiger partial charge in [0.05, 0.1) is 12.1 Å². The topological polar surface area (TPSA) is 253 Å². The Bertz CT molecular complexity index is 1390. The Morgan fingerprint density at radius 2 is 1.57 bits per heavy atom. The minimum absolute atomic E-state index is 0.00465. The molecule has 47 heavy (non-hydrogen) atoms. The number of likely N-dealkylation sites (N-methyl/N-ethyl adjacent to an activating group) is 1. The predicted molar refractivity (Wildman–Crippen MR) is 176 cm³/mol. The first-order valence-electron chi connectivity index (χ1n) is 15.7. The van der Waals surface area contributed by atoms with Crippen molar-refractivity contribution in [1.82, 2.24) is 31.9 Å². The van der Waals surface area contributed by atoms with Gasteiger partial charge in [-0.1, -0.05) is 12.1 Å². The molecule has 15 nitrogen and oxygen atoms in total. The van der Waals surface area contributed by atoms with Crippen LogP contribution in [0.15, 0.2) is 36.4 Å². The van der Waals surface area contributed by atoms with Crippen molar-refractivity contribution in [2.75, 3.05) is 40.3 Å². The standard InChI is InChI=1S/C32H48N8O7/c1-35-10-3-4-23-30(45)39-25(32(47)40-26(16-22(41)17-34)29(44)37-11-9-33)15-21-13-19(6-8-28(21)43)18-5-7-27(42)20(12-18)14-24(36-2)31(46)38-23/h5-8,12-13,22-26,35-36,41-43H,3-4,9-11,14-17,33-34H2,1-2H3,(H,37,44)(H,38,46)(H,39,45)(H,40,47)/t22-,23+,24+,25+,26+/m1/s1. The van der Waals surface area contributed by atoms with Crippen LogP contribution in [0.1, 0.15) is 30.4 Å². The number of aliphatic hydroxyl groups excluding tert-OH is 1. The van der Waals surface area contributed by atoms with Crippen molar-refractivity contribution in [1.29, 1.82) is 0 Å². The summed E-state index contributed by atoms with van der Waals surface area (Å²) in [7, 11) is 3.36. The molecule has 4 bridgehead atoms. The number of nitrogens with two attached hydrogens (primary N) is 2. The first-order valence-corrected chi connectivity index (χ1v) is 15.7. The molecule has 5 atom stereocenters. The van der Waals surface area contributed by atoms with Crippen molar-refractivity contribution in [3.05, 3.63) is 47.5 Å². The molecule has 0 radical (unpaired) electrons. The summed E-state index contributed by atoms with van der Waals surface area (Å²) in [5.41, 5.74) is 13.2. The molecular formula is C32H48N8O7. The fourth-order valence-electron chi connectivity index (χ4n) is 5.32. The van der Waals surface area contributed by atoms with Crippen LogP contribution in [-0.4, -0.2) is 109 Å². The molecule has 1 aliphatic rings. The molecule has 13 N–H and O–H groups in total. The van der Waals surface area contributed by atoms with Gasteiger partial charge >= 0.3 is 0 Å². The summed E-state index contributed by atoms with van der Waals surface area (Å²) in [4.78, 5) is 54.0. The van der Waals surface area contributed by atoms with Crippen molar-refractivity contribution < 1.29 is 34.5 Å². The van der Waals surface area contributed by atoms with Gasteiger partial charge in [0.2, 0.25) is 23.6 Å². The first-order chi connectivity index (χ1) is 22.5. The van der Waals surface area contributed by atoms with E-state index in [0.29, 0.717) is 35.2 Å². The molecule has 15 heteroatoms. The number of carbonyl (C=O) groups is 4. The van der Waals surface area contributed by atoms with E-state index >= 15 is 0 Å². The third-order valence-corrected chi connectivity index (χ3v) is 8.05. The molecule has 3 rings (SSSR count). The van der Waals surface area contributed by atoms with Crippen molar-refractivity contribution >= 4 is 23.6 Å². The first kappa shape index (κ1) is 37.2. The lowest BCUT2D eigenvalue weighted by molar-refractivity contribution is -0.134. The van der Waals surface area contributed by atoms with E-state index in [1.54, 1.807) is 38.4 Å². The van der Waals surface area contributed by atoms with Gasteiger partial charge in [0.1, 0.15) is 29.6 Å². The van der Waals surface area contributed by atoms with Gasteiger partial charge in [0, 0.05) is 38.9 Å². The average molecular weight is 657 g/mol. The van der Waals surface area contributed by atoms with Crippen LogP contribution in [0.25, 0.3) is 11.1 Å². The predicted octanol–water partition coefficient (Wildman–Crippen LogP) is -2.31. The number of carbonyl (C=O) groups excluding carboxylic acids is 4. The van der Waals surface area contributed by atoms with Crippen LogP contribution in [-0.2, 0) is 32.0 Å². The second kappa shape index (κ2) is 18.2. The number of benzene rings is 2. The molecule has 258 valence electrons. The number of phenols is 2. The van der Waals surface area contributed by atoms with Gasteiger partial charge in [-0.15, -0.1) is 0 Å². The maximum absolute atomic E-state index is 13.9. The number of aromatic hydroxyl groups is 2. The molecule has 1 heterocycles. The highest BCUT2D eigenvalue weighted by atomic mass is 16.3. The minimum atomic E-state index is -1.31. The molecule has 1 aliphatic heterocycles. The molecule has 0 aliphatic carbocycles. The fourth-order valence-corrected chi connectivity index (χ4v) is 5.32. The molecular weight excluding hydrogens is 608 g/mol. The summed E-state index contributed by atoms with van der Waals surface area (Å²) in [6.07, 6.45) is -0.619. The Morgan fingerprint density at radius 3 is 2.15 bits per heavy atom. The number of nitrogens with one attached hydrogen (secondary N) is 6. The van der Waals surface area contributed by atoms with Gasteiger partial charge in [-0.05, 0) is 80.0 Å². The van der Waals surface area contributed by atoms with Crippen LogP contribution in [0, 0.1) is 0 Å². The van der Waals surface area contributed by atoms with E-state index in [-0.39, 0.29) is 56.8 Å². The van der Waals surface area contributed by atoms with E-state index in [2.05, 4.69) is 31.9 Å². The van der Waals surface area contributed by atoms with Gasteiger partial charge in [-0.2, -0.15) is 0 Å². The van der Waals surface area contributed by atoms with Crippen molar-refractivity contribution in [2.24, 2.45) is 11.5 Å². The molecule has 2 aromatic rings. The van der Waals surface area contributed by atoms with Crippen molar-refractivity contribution in [3.63, 3.8) is 0 Å². The van der Waals surface area contributed by atoms with Gasteiger partial charge in [-0.3, -0.25) is 19.2 Å². The Balaban J connectivity index is 2.09. The van der Waals surface area contributed by atoms with Crippen LogP contribution in [0.5, 0.6) is 11.5 Å². The number of hydrogen-bond acceptors (Lipinski definition) is 11. The Morgan fingerprint density at radius 1 is 0.936 bits per heavy atom. The van der Waals surface area contributed by atoms with Gasteiger partial charge in [-0.25, -0.2) is 0 Å². The van der Waals surface area contributed by atoms with E-state index in [0.717, 1.165) is 0 Å². The second-order valence-electron chi connectivity index (χ2n) is 11.6. The van der Waals surface area contributed by atoms with E-state index in [1.165, 1.54) is 12.1 Å². The lowest BCUT2D eigenvalue weighted by Gasteiger charge is -2.27. The normalized spacial score (nSPS) is 19.7. The number of hydrogen-bond donors (Lipinski definition) is 11. The molecule has 4 amide bonds. The molecule has 0 fully saturated rings. The summed E-state index contributed by atoms with van der Waals surface area (Å²) in [5.74, 6) is -2.62. The minimum Gasteiger partial charge on any atom is -0.508 e. The quantitative estimate of drug-likeness (QED) is 0.102. The zero-order valence-electron chi connectivity index (χ0n) is 26.8. The van der Waals surface area contributed by atoms with E-state index in [4.69, 9.17) is 11.5 Å². The Labute approximate surface area is 274 Å². The van der Waals surface area contributed by atoms with Gasteiger partial charge < -0.3 is 58.7 Å². The zero-order valence-corrected chi connectivity index (χ0v) is 26.8. The highest BCUT2D eigenvalue weighted by Crippen LogP contribution is 2.31. The van der Waals surface area contributed by atoms with Gasteiger partial charge in [0.25, 0.3) is 0 Å². The number of fused-ring (bicyclic) bond motifs is 5. The second-order valence-corrected chi connectivity index (χ2v) is 11.6. The summed E-state index contributed by atoms with van der Waals surface area (Å²) in [6, 6.07) is 5.39. The molecule has 0 spiro atoms. The molecule has 0 saturated carbocycles. The summed E-state index contributed by atoms with van der Waals surface area (Å²) < 4.78 is 0. The molecule has 0 unspecified atom stereocenters. The highest BCUT2D eigenvalue weighted by molar-refractivity contribution is 5.95. The van der Waals surface area contributed by atoms with Crippen molar-refractivity contribution in [3.8, 4) is 22.6 Å². The molecule has 0 saturated heterocycles. The lowest BCUT2D eigenvalue weighted by atomic mass is 9.95. The maximum atomic E-state index is 13.9. The number of phenolic OH excluding ortho intramolecular Hbond substituents is 2. The SMILES string of the molecule is CNCCC[C@@H]1NC(=O)[C@@H](NC)Cc2cc(ccc2O)-c2ccc(O)c(c2)C[C@@H](C(=O)N[C@@H](C[C@@H](O)CN)C(=O)NCCN)NC1=O. The Kier molecular flexibility index (Phi) is 14.4. The van der Waals surface area contributed by atoms with Crippen LogP contribution in [0.2, 0.25) is 0 Å². The fraction of sp³-hybridized carbons (Fsp3) is 0.500. The number of rotatable bonds is 13. The number of amides is 4. The third-order valence-electron chi connectivity index (χ3n) is 8.05. The summed E-state index contributed by atoms with van der Waals surface area (Å²) in [6.45, 7) is 0.685. The molecule has 0 aromatic heterocycles. The number of aliphatic hydroxyl groups is 1.